The van der Waals surface area contributed by atoms with Crippen LogP contribution < -0.4 is 16.4 Å². The third kappa shape index (κ3) is 2.80. The molecular formula is C14H19N3O2S. The first-order valence-electron chi connectivity index (χ1n) is 6.95. The highest BCUT2D eigenvalue weighted by Gasteiger charge is 2.20. The molecule has 0 unspecified atom stereocenters. The summed E-state index contributed by atoms with van der Waals surface area (Å²) >= 11 is 0. The fourth-order valence-corrected chi connectivity index (χ4v) is 4.03. The van der Waals surface area contributed by atoms with E-state index in [4.69, 9.17) is 5.73 Å². The lowest BCUT2D eigenvalue weighted by atomic mass is 10.0. The third-order valence-electron chi connectivity index (χ3n) is 3.92. The summed E-state index contributed by atoms with van der Waals surface area (Å²) in [5, 5.41) is 6.31. The van der Waals surface area contributed by atoms with Crippen LogP contribution in [-0.4, -0.2) is 27.7 Å². The highest BCUT2D eigenvalue weighted by Crippen LogP contribution is 2.32. The number of aryl methyl sites for hydroxylation is 1. The lowest BCUT2D eigenvalue weighted by Gasteiger charge is -2.26. The van der Waals surface area contributed by atoms with E-state index in [-0.39, 0.29) is 5.91 Å². The predicted octanol–water partition coefficient (Wildman–Crippen LogP) is 1.48. The number of carbonyl (C=O) groups is 1. The number of nitrogens with two attached hydrogens (primary N) is 1. The molecule has 2 heterocycles. The molecule has 1 saturated heterocycles. The quantitative estimate of drug-likeness (QED) is 0.721. The first-order valence-corrected chi connectivity index (χ1v) is 8.44. The SMILES string of the molecule is Nc1cc2c(cc1NC1CCS(=O)CC1)CCC(=O)N2. The number of benzene rings is 1. The van der Waals surface area contributed by atoms with Gasteiger partial charge >= 0.3 is 0 Å². The van der Waals surface area contributed by atoms with Crippen LogP contribution in [0.4, 0.5) is 17.1 Å². The number of hydrogen-bond donors (Lipinski definition) is 3. The van der Waals surface area contributed by atoms with Crippen LogP contribution in [0.15, 0.2) is 12.1 Å². The molecule has 20 heavy (non-hydrogen) atoms. The van der Waals surface area contributed by atoms with E-state index in [1.165, 1.54) is 0 Å². The zero-order valence-electron chi connectivity index (χ0n) is 11.3. The van der Waals surface area contributed by atoms with Gasteiger partial charge in [-0.3, -0.25) is 9.00 Å². The Hall–Kier alpha value is -1.56. The normalized spacial score (nSPS) is 25.7. The molecule has 0 saturated carbocycles. The zero-order chi connectivity index (χ0) is 14.1. The predicted molar refractivity (Wildman–Crippen MR) is 82.3 cm³/mol. The highest BCUT2D eigenvalue weighted by atomic mass is 32.2. The maximum atomic E-state index is 11.4. The number of amides is 1. The van der Waals surface area contributed by atoms with Gasteiger partial charge in [-0.05, 0) is 37.0 Å². The van der Waals surface area contributed by atoms with E-state index in [1.54, 1.807) is 0 Å². The molecule has 5 nitrogen and oxygen atoms in total. The number of hydrogen-bond acceptors (Lipinski definition) is 4. The number of anilines is 3. The Bertz CT molecular complexity index is 564. The first kappa shape index (κ1) is 13.4. The number of rotatable bonds is 2. The van der Waals surface area contributed by atoms with Crippen molar-refractivity contribution < 1.29 is 9.00 Å². The van der Waals surface area contributed by atoms with Crippen molar-refractivity contribution in [3.05, 3.63) is 17.7 Å². The fraction of sp³-hybridized carbons (Fsp3) is 0.500. The van der Waals surface area contributed by atoms with Crippen LogP contribution >= 0.6 is 0 Å². The smallest absolute Gasteiger partial charge is 0.224 e. The Morgan fingerprint density at radius 3 is 2.75 bits per heavy atom. The van der Waals surface area contributed by atoms with Gasteiger partial charge < -0.3 is 16.4 Å². The minimum absolute atomic E-state index is 0.0485. The third-order valence-corrected chi connectivity index (χ3v) is 5.30. The van der Waals surface area contributed by atoms with Crippen molar-refractivity contribution in [3.8, 4) is 0 Å². The summed E-state index contributed by atoms with van der Waals surface area (Å²) in [7, 11) is -0.649. The molecule has 0 bridgehead atoms. The van der Waals surface area contributed by atoms with Crippen LogP contribution in [0.1, 0.15) is 24.8 Å². The minimum atomic E-state index is -0.649. The molecule has 108 valence electrons. The van der Waals surface area contributed by atoms with Gasteiger partial charge in [0.1, 0.15) is 0 Å². The summed E-state index contributed by atoms with van der Waals surface area (Å²) < 4.78 is 11.4. The van der Waals surface area contributed by atoms with Crippen molar-refractivity contribution in [3.63, 3.8) is 0 Å². The van der Waals surface area contributed by atoms with Gasteiger partial charge in [0.15, 0.2) is 0 Å². The summed E-state index contributed by atoms with van der Waals surface area (Å²) in [6, 6.07) is 4.21. The van der Waals surface area contributed by atoms with E-state index in [0.29, 0.717) is 18.2 Å². The number of nitrogen functional groups attached to an aromatic ring is 1. The standard InChI is InChI=1S/C14H19N3O2S/c15-11-8-12-9(1-2-14(18)17-12)7-13(11)16-10-3-5-20(19)6-4-10/h7-8,10,16H,1-6,15H2,(H,17,18). The van der Waals surface area contributed by atoms with Gasteiger partial charge in [0, 0.05) is 40.5 Å². The first-order chi connectivity index (χ1) is 9.61. The lowest BCUT2D eigenvalue weighted by Crippen LogP contribution is -2.30. The van der Waals surface area contributed by atoms with E-state index < -0.39 is 10.8 Å². The van der Waals surface area contributed by atoms with E-state index in [1.807, 2.05) is 12.1 Å². The van der Waals surface area contributed by atoms with Crippen LogP contribution in [0.25, 0.3) is 0 Å². The Balaban J connectivity index is 1.77. The second-order valence-electron chi connectivity index (χ2n) is 5.41. The molecule has 0 aromatic heterocycles. The zero-order valence-corrected chi connectivity index (χ0v) is 12.1. The maximum absolute atomic E-state index is 11.4. The molecule has 2 aliphatic rings. The van der Waals surface area contributed by atoms with Crippen LogP contribution in [0, 0.1) is 0 Å². The van der Waals surface area contributed by atoms with Crippen molar-refractivity contribution in [1.82, 2.24) is 0 Å². The Morgan fingerprint density at radius 2 is 2.00 bits per heavy atom. The average molecular weight is 293 g/mol. The van der Waals surface area contributed by atoms with E-state index in [0.717, 1.165) is 47.7 Å². The van der Waals surface area contributed by atoms with E-state index in [9.17, 15) is 9.00 Å². The summed E-state index contributed by atoms with van der Waals surface area (Å²) in [6.07, 6.45) is 3.11. The van der Waals surface area contributed by atoms with Gasteiger partial charge in [-0.15, -0.1) is 0 Å². The molecule has 1 aromatic carbocycles. The monoisotopic (exact) mass is 293 g/mol. The lowest BCUT2D eigenvalue weighted by molar-refractivity contribution is -0.116. The molecular weight excluding hydrogens is 274 g/mol. The molecule has 1 aromatic rings. The van der Waals surface area contributed by atoms with Crippen LogP contribution in [-0.2, 0) is 22.0 Å². The number of carbonyl (C=O) groups excluding carboxylic acids is 1. The second-order valence-corrected chi connectivity index (χ2v) is 7.11. The maximum Gasteiger partial charge on any atom is 0.224 e. The summed E-state index contributed by atoms with van der Waals surface area (Å²) in [5.74, 6) is 1.57. The minimum Gasteiger partial charge on any atom is -0.397 e. The average Bonchev–Trinajstić information content (AvgIpc) is 2.42. The highest BCUT2D eigenvalue weighted by molar-refractivity contribution is 7.85. The molecule has 1 amide bonds. The Kier molecular flexibility index (Phi) is 3.65. The van der Waals surface area contributed by atoms with Crippen LogP contribution in [0.2, 0.25) is 0 Å². The van der Waals surface area contributed by atoms with Crippen molar-refractivity contribution in [2.75, 3.05) is 27.9 Å². The number of nitrogens with one attached hydrogen (secondary N) is 2. The van der Waals surface area contributed by atoms with Crippen molar-refractivity contribution in [2.45, 2.75) is 31.7 Å². The fourth-order valence-electron chi connectivity index (χ4n) is 2.73. The van der Waals surface area contributed by atoms with E-state index >= 15 is 0 Å². The molecule has 2 aliphatic heterocycles. The van der Waals surface area contributed by atoms with Crippen molar-refractivity contribution in [1.29, 1.82) is 0 Å². The molecule has 4 N–H and O–H groups in total. The number of fused-ring (bicyclic) bond motifs is 1. The van der Waals surface area contributed by atoms with Gasteiger partial charge in [-0.25, -0.2) is 0 Å². The van der Waals surface area contributed by atoms with Gasteiger partial charge in [0.2, 0.25) is 5.91 Å². The topological polar surface area (TPSA) is 84.2 Å². The van der Waals surface area contributed by atoms with Gasteiger partial charge in [-0.2, -0.15) is 0 Å². The molecule has 3 rings (SSSR count). The Labute approximate surface area is 120 Å². The molecule has 1 fully saturated rings. The second kappa shape index (κ2) is 5.44. The molecule has 0 aliphatic carbocycles. The van der Waals surface area contributed by atoms with Gasteiger partial charge in [-0.1, -0.05) is 0 Å². The van der Waals surface area contributed by atoms with Gasteiger partial charge in [0.05, 0.1) is 11.4 Å². The summed E-state index contributed by atoms with van der Waals surface area (Å²) in [4.78, 5) is 11.4. The molecule has 0 spiro atoms. The van der Waals surface area contributed by atoms with Crippen LogP contribution in [0.3, 0.4) is 0 Å². The van der Waals surface area contributed by atoms with Crippen LogP contribution in [0.5, 0.6) is 0 Å². The Morgan fingerprint density at radius 1 is 1.25 bits per heavy atom. The summed E-state index contributed by atoms with van der Waals surface area (Å²) in [6.45, 7) is 0. The largest absolute Gasteiger partial charge is 0.397 e. The van der Waals surface area contributed by atoms with Crippen molar-refractivity contribution in [2.24, 2.45) is 0 Å². The summed E-state index contributed by atoms with van der Waals surface area (Å²) in [5.41, 5.74) is 9.59. The van der Waals surface area contributed by atoms with E-state index in [2.05, 4.69) is 10.6 Å². The van der Waals surface area contributed by atoms with Crippen molar-refractivity contribution >= 4 is 33.8 Å². The molecule has 6 heteroatoms. The van der Waals surface area contributed by atoms with Gasteiger partial charge in [0.25, 0.3) is 0 Å². The molecule has 0 radical (unpaired) electrons. The molecule has 0 atom stereocenters.